The highest BCUT2D eigenvalue weighted by atomic mass is 16.2. The molecule has 2 amide bonds. The number of hydrogen-bond donors (Lipinski definition) is 2. The molecular weight excluding hydrogens is 348 g/mol. The maximum absolute atomic E-state index is 12.5. The zero-order valence-electron chi connectivity index (χ0n) is 16.0. The summed E-state index contributed by atoms with van der Waals surface area (Å²) in [6.07, 6.45) is 1.95. The van der Waals surface area contributed by atoms with Gasteiger partial charge in [-0.2, -0.15) is 9.78 Å². The minimum atomic E-state index is -0.726. The molecule has 0 spiro atoms. The summed E-state index contributed by atoms with van der Waals surface area (Å²) in [5.74, 6) is -0.439. The van der Waals surface area contributed by atoms with E-state index in [-0.39, 0.29) is 17.3 Å². The van der Waals surface area contributed by atoms with Crippen LogP contribution in [0.15, 0.2) is 10.9 Å². The highest BCUT2D eigenvalue weighted by molar-refractivity contribution is 6.39. The zero-order chi connectivity index (χ0) is 19.7. The molecule has 1 atom stereocenters. The van der Waals surface area contributed by atoms with E-state index in [1.165, 1.54) is 4.68 Å². The van der Waals surface area contributed by atoms with E-state index >= 15 is 0 Å². The molecule has 27 heavy (non-hydrogen) atoms. The Kier molecular flexibility index (Phi) is 5.11. The van der Waals surface area contributed by atoms with Gasteiger partial charge >= 0.3 is 11.8 Å². The van der Waals surface area contributed by atoms with Crippen LogP contribution in [0.5, 0.6) is 0 Å². The summed E-state index contributed by atoms with van der Waals surface area (Å²) in [6.45, 7) is 8.39. The summed E-state index contributed by atoms with van der Waals surface area (Å²) in [7, 11) is 0. The van der Waals surface area contributed by atoms with E-state index in [1.54, 1.807) is 31.7 Å². The van der Waals surface area contributed by atoms with E-state index in [9.17, 15) is 14.4 Å². The van der Waals surface area contributed by atoms with Gasteiger partial charge in [-0.1, -0.05) is 6.92 Å². The average molecular weight is 372 g/mol. The largest absolute Gasteiger partial charge is 0.334 e. The van der Waals surface area contributed by atoms with Crippen molar-refractivity contribution >= 4 is 17.6 Å². The van der Waals surface area contributed by atoms with Crippen LogP contribution in [-0.2, 0) is 9.59 Å². The van der Waals surface area contributed by atoms with Gasteiger partial charge in [0.15, 0.2) is 0 Å². The van der Waals surface area contributed by atoms with Gasteiger partial charge in [0.25, 0.3) is 5.56 Å². The molecule has 0 saturated carbocycles. The first-order valence-corrected chi connectivity index (χ1v) is 9.01. The highest BCUT2D eigenvalue weighted by Crippen LogP contribution is 2.17. The first-order chi connectivity index (χ1) is 12.8. The van der Waals surface area contributed by atoms with Crippen molar-refractivity contribution in [1.82, 2.24) is 24.6 Å². The summed E-state index contributed by atoms with van der Waals surface area (Å²) in [6, 6.07) is 1.62. The Morgan fingerprint density at radius 3 is 2.70 bits per heavy atom. The molecule has 0 bridgehead atoms. The van der Waals surface area contributed by atoms with Crippen molar-refractivity contribution in [3.8, 4) is 5.95 Å². The van der Waals surface area contributed by atoms with Gasteiger partial charge in [0.05, 0.1) is 5.69 Å². The number of carbonyl (C=O) groups excluding carboxylic acids is 2. The summed E-state index contributed by atoms with van der Waals surface area (Å²) in [5, 5.41) is 6.88. The first kappa shape index (κ1) is 18.8. The monoisotopic (exact) mass is 372 g/mol. The van der Waals surface area contributed by atoms with E-state index in [0.717, 1.165) is 12.8 Å². The van der Waals surface area contributed by atoms with Crippen molar-refractivity contribution in [2.75, 3.05) is 18.4 Å². The molecule has 0 aliphatic carbocycles. The number of anilines is 1. The van der Waals surface area contributed by atoms with Crippen molar-refractivity contribution < 1.29 is 9.59 Å². The predicted octanol–water partition coefficient (Wildman–Crippen LogP) is 1.08. The summed E-state index contributed by atoms with van der Waals surface area (Å²) in [5.41, 5.74) is 1.42. The summed E-state index contributed by atoms with van der Waals surface area (Å²) < 4.78 is 1.33. The van der Waals surface area contributed by atoms with Crippen LogP contribution in [0.2, 0.25) is 0 Å². The Bertz CT molecular complexity index is 945. The number of amides is 2. The zero-order valence-corrected chi connectivity index (χ0v) is 16.0. The second-order valence-corrected chi connectivity index (χ2v) is 7.14. The molecule has 0 aromatic carbocycles. The normalized spacial score (nSPS) is 17.0. The number of aryl methyl sites for hydroxylation is 2. The number of piperidine rings is 1. The fraction of sp³-hybridized carbons (Fsp3) is 0.500. The quantitative estimate of drug-likeness (QED) is 0.766. The lowest BCUT2D eigenvalue weighted by Gasteiger charge is -2.30. The average Bonchev–Trinajstić information content (AvgIpc) is 2.98. The molecule has 2 N–H and O–H groups in total. The fourth-order valence-electron chi connectivity index (χ4n) is 3.17. The predicted molar refractivity (Wildman–Crippen MR) is 99.8 cm³/mol. The third-order valence-corrected chi connectivity index (χ3v) is 4.79. The van der Waals surface area contributed by atoms with E-state index in [4.69, 9.17) is 0 Å². The molecule has 2 aromatic rings. The molecule has 1 aliphatic heterocycles. The first-order valence-electron chi connectivity index (χ1n) is 9.01. The standard InChI is InChI=1S/C18H24N6O3/c1-10-6-5-7-23(9-10)17(27)16(26)20-14-8-11(2)22-24(14)18-19-13(4)12(3)15(25)21-18/h8,10H,5-7,9H2,1-4H3,(H,20,26)(H,19,21,25)/t10-/m0/s1. The van der Waals surface area contributed by atoms with E-state index in [2.05, 4.69) is 27.3 Å². The number of hydrogen-bond acceptors (Lipinski definition) is 5. The Balaban J connectivity index is 1.85. The van der Waals surface area contributed by atoms with Gasteiger partial charge in [0.1, 0.15) is 5.82 Å². The number of carbonyl (C=O) groups is 2. The van der Waals surface area contributed by atoms with Gasteiger partial charge in [-0.3, -0.25) is 19.4 Å². The third-order valence-electron chi connectivity index (χ3n) is 4.79. The lowest BCUT2D eigenvalue weighted by atomic mass is 10.0. The molecule has 3 heterocycles. The smallest absolute Gasteiger partial charge is 0.315 e. The van der Waals surface area contributed by atoms with Gasteiger partial charge in [-0.15, -0.1) is 0 Å². The molecule has 9 heteroatoms. The van der Waals surface area contributed by atoms with Gasteiger partial charge in [0.2, 0.25) is 5.95 Å². The van der Waals surface area contributed by atoms with Crippen LogP contribution in [0.4, 0.5) is 5.82 Å². The van der Waals surface area contributed by atoms with Crippen molar-refractivity contribution in [3.05, 3.63) is 33.4 Å². The number of nitrogens with zero attached hydrogens (tertiary/aromatic N) is 4. The SMILES string of the molecule is Cc1cc(NC(=O)C(=O)N2CCC[C@H](C)C2)n(-c2nc(C)c(C)c(=O)[nH]2)n1. The molecule has 1 fully saturated rings. The van der Waals surface area contributed by atoms with Crippen LogP contribution in [0.1, 0.15) is 36.7 Å². The summed E-state index contributed by atoms with van der Waals surface area (Å²) >= 11 is 0. The minimum absolute atomic E-state index is 0.186. The minimum Gasteiger partial charge on any atom is -0.334 e. The molecule has 1 saturated heterocycles. The Labute approximate surface area is 156 Å². The van der Waals surface area contributed by atoms with Crippen LogP contribution in [0, 0.1) is 26.7 Å². The van der Waals surface area contributed by atoms with Crippen LogP contribution in [0.3, 0.4) is 0 Å². The molecule has 144 valence electrons. The number of H-pyrrole nitrogens is 1. The number of nitrogens with one attached hydrogen (secondary N) is 2. The molecule has 9 nitrogen and oxygen atoms in total. The van der Waals surface area contributed by atoms with E-state index < -0.39 is 11.8 Å². The highest BCUT2D eigenvalue weighted by Gasteiger charge is 2.27. The number of rotatable bonds is 2. The van der Waals surface area contributed by atoms with E-state index in [0.29, 0.717) is 36.0 Å². The van der Waals surface area contributed by atoms with Gasteiger partial charge in [0, 0.05) is 30.4 Å². The van der Waals surface area contributed by atoms with Crippen molar-refractivity contribution in [3.63, 3.8) is 0 Å². The van der Waals surface area contributed by atoms with E-state index in [1.807, 2.05) is 0 Å². The van der Waals surface area contributed by atoms with Crippen LogP contribution in [0.25, 0.3) is 5.95 Å². The number of likely N-dealkylation sites (tertiary alicyclic amines) is 1. The van der Waals surface area contributed by atoms with Crippen molar-refractivity contribution in [2.24, 2.45) is 5.92 Å². The number of aromatic nitrogens is 4. The van der Waals surface area contributed by atoms with Crippen LogP contribution < -0.4 is 10.9 Å². The van der Waals surface area contributed by atoms with Gasteiger partial charge in [-0.05, 0) is 39.5 Å². The van der Waals surface area contributed by atoms with Crippen molar-refractivity contribution in [2.45, 2.75) is 40.5 Å². The Morgan fingerprint density at radius 2 is 2.04 bits per heavy atom. The van der Waals surface area contributed by atoms with Crippen LogP contribution in [-0.4, -0.2) is 49.6 Å². The maximum atomic E-state index is 12.5. The molecule has 2 aromatic heterocycles. The molecule has 0 unspecified atom stereocenters. The Morgan fingerprint density at radius 1 is 1.30 bits per heavy atom. The van der Waals surface area contributed by atoms with Gasteiger partial charge < -0.3 is 10.2 Å². The number of aromatic amines is 1. The fourth-order valence-corrected chi connectivity index (χ4v) is 3.17. The third kappa shape index (κ3) is 3.91. The summed E-state index contributed by atoms with van der Waals surface area (Å²) in [4.78, 5) is 45.5. The second kappa shape index (κ2) is 7.34. The Hall–Kier alpha value is -2.97. The molecule has 3 rings (SSSR count). The molecular formula is C18H24N6O3. The topological polar surface area (TPSA) is 113 Å². The lowest BCUT2D eigenvalue weighted by Crippen LogP contribution is -2.44. The second-order valence-electron chi connectivity index (χ2n) is 7.14. The lowest BCUT2D eigenvalue weighted by molar-refractivity contribution is -0.144. The van der Waals surface area contributed by atoms with Gasteiger partial charge in [-0.25, -0.2) is 4.98 Å². The molecule has 0 radical (unpaired) electrons. The maximum Gasteiger partial charge on any atom is 0.315 e. The van der Waals surface area contributed by atoms with Crippen LogP contribution >= 0.6 is 0 Å². The molecule has 1 aliphatic rings. The van der Waals surface area contributed by atoms with Crippen molar-refractivity contribution in [1.29, 1.82) is 0 Å².